The molecule has 2 saturated carbocycles. The lowest BCUT2D eigenvalue weighted by Crippen LogP contribution is -2.61. The Kier molecular flexibility index (Phi) is 16.5. The minimum Gasteiger partial charge on any atom is -0.495 e. The smallest absolute Gasteiger partial charge is 0.258 e. The summed E-state index contributed by atoms with van der Waals surface area (Å²) < 4.78 is 20.0. The first-order valence-electron chi connectivity index (χ1n) is 24.6. The van der Waals surface area contributed by atoms with Gasteiger partial charge >= 0.3 is 0 Å². The van der Waals surface area contributed by atoms with E-state index in [4.69, 9.17) is 16.3 Å². The molecule has 2 aliphatic carbocycles. The Labute approximate surface area is 428 Å². The molecule has 2 aromatic heterocycles. The topological polar surface area (TPSA) is 194 Å². The zero-order valence-corrected chi connectivity index (χ0v) is 43.7. The standard InChI is InChI=1S/C51H66ClFN10O6S2/c1-30(34-11-13-35(14-12-34)42-31(2)56-29-70-42)57-45(65)40-24-37(64)27-63(40)47(67)43(59-48(68)51(53)17-18-51)50(3,4)71-28-33-9-7-32(8-10-33)26-61-19-21-62(22-20-61)46(66)36-15-16-39(41(23-36)69-6)58-49-55-25-38(52)44(54-5)60-49/h11-16,23,25,29-30,32-33,37,40,43,64H,7-10,17-22,24,26-28H2,1-6H3,(H,57,65)(H,59,68)(H2,54,55,58,60)/t30-,32?,33?,37+,40+,43+/m0/s1. The van der Waals surface area contributed by atoms with E-state index in [2.05, 4.69) is 41.1 Å². The number of aliphatic hydroxyl groups excluding tert-OH is 1. The number of aliphatic hydroxyl groups is 1. The third kappa shape index (κ3) is 12.4. The van der Waals surface area contributed by atoms with Crippen LogP contribution in [0, 0.1) is 18.8 Å². The second-order valence-corrected chi connectivity index (χ2v) is 22.9. The average Bonchev–Trinajstić information content (AvgIpc) is 3.78. The van der Waals surface area contributed by atoms with E-state index in [-0.39, 0.29) is 37.8 Å². The highest BCUT2D eigenvalue weighted by Crippen LogP contribution is 2.42. The van der Waals surface area contributed by atoms with Crippen molar-refractivity contribution in [2.75, 3.05) is 69.8 Å². The average molecular weight is 1030 g/mol. The van der Waals surface area contributed by atoms with Gasteiger partial charge in [0.1, 0.15) is 28.7 Å². The molecule has 16 nitrogen and oxygen atoms in total. The molecule has 4 amide bonds. The first-order chi connectivity index (χ1) is 33.9. The molecule has 4 atom stereocenters. The van der Waals surface area contributed by atoms with Crippen molar-refractivity contribution in [2.24, 2.45) is 11.8 Å². The Morgan fingerprint density at radius 2 is 1.72 bits per heavy atom. The predicted molar refractivity (Wildman–Crippen MR) is 277 cm³/mol. The summed E-state index contributed by atoms with van der Waals surface area (Å²) >= 11 is 9.30. The molecule has 5 N–H and O–H groups in total. The number of rotatable bonds is 18. The molecule has 0 unspecified atom stereocenters. The van der Waals surface area contributed by atoms with Crippen molar-refractivity contribution in [3.63, 3.8) is 0 Å². The fraction of sp³-hybridized carbons (Fsp3) is 0.549. The van der Waals surface area contributed by atoms with Crippen LogP contribution in [0.5, 0.6) is 5.75 Å². The fourth-order valence-corrected chi connectivity index (χ4v) is 12.1. The second kappa shape index (κ2) is 22.4. The van der Waals surface area contributed by atoms with E-state index in [0.717, 1.165) is 72.8 Å². The highest BCUT2D eigenvalue weighted by atomic mass is 35.5. The van der Waals surface area contributed by atoms with Gasteiger partial charge in [-0.15, -0.1) is 11.3 Å². The van der Waals surface area contributed by atoms with Crippen molar-refractivity contribution in [1.82, 2.24) is 40.3 Å². The Bertz CT molecular complexity index is 2550. The molecule has 382 valence electrons. The number of ether oxygens (including phenoxy) is 1. The number of alkyl halides is 1. The molecule has 2 saturated heterocycles. The van der Waals surface area contributed by atoms with Gasteiger partial charge in [0.2, 0.25) is 17.8 Å². The van der Waals surface area contributed by atoms with E-state index in [1.165, 1.54) is 11.1 Å². The molecule has 0 bridgehead atoms. The maximum absolute atomic E-state index is 15.2. The van der Waals surface area contributed by atoms with Crippen LogP contribution in [0.25, 0.3) is 10.4 Å². The lowest BCUT2D eigenvalue weighted by atomic mass is 9.82. The zero-order chi connectivity index (χ0) is 50.6. The number of methoxy groups -OCH3 is 1. The number of aromatic nitrogens is 3. The van der Waals surface area contributed by atoms with Crippen LogP contribution >= 0.6 is 34.7 Å². The number of halogens is 2. The van der Waals surface area contributed by atoms with Crippen molar-refractivity contribution < 1.29 is 33.4 Å². The number of benzene rings is 2. The molecule has 8 rings (SSSR count). The molecule has 4 aromatic rings. The number of amides is 4. The zero-order valence-electron chi connectivity index (χ0n) is 41.3. The lowest BCUT2D eigenvalue weighted by Gasteiger charge is -2.40. The highest BCUT2D eigenvalue weighted by Gasteiger charge is 2.54. The summed E-state index contributed by atoms with van der Waals surface area (Å²) in [5.74, 6) is 1.22. The molecule has 2 aromatic carbocycles. The molecule has 71 heavy (non-hydrogen) atoms. The number of thioether (sulfide) groups is 1. The van der Waals surface area contributed by atoms with Crippen LogP contribution < -0.4 is 26.0 Å². The van der Waals surface area contributed by atoms with Gasteiger partial charge in [-0.25, -0.2) is 14.4 Å². The lowest BCUT2D eigenvalue weighted by molar-refractivity contribution is -0.143. The van der Waals surface area contributed by atoms with Gasteiger partial charge in [-0.05, 0) is 113 Å². The second-order valence-electron chi connectivity index (χ2n) is 20.0. The minimum absolute atomic E-state index is 0.0508. The first-order valence-corrected chi connectivity index (χ1v) is 26.8. The summed E-state index contributed by atoms with van der Waals surface area (Å²) in [5, 5.41) is 23.2. The third-order valence-electron chi connectivity index (χ3n) is 14.5. The SMILES string of the molecule is CNc1nc(Nc2ccc(C(=O)N3CCN(CC4CCC(CSC(C)(C)[C@H](NC(=O)C5(F)CC5)C(=O)N5C[C@H](O)C[C@@H]5C(=O)N[C@@H](C)c5ccc(-c6scnc6C)cc5)CC4)CC3)cc2OC)ncc1Cl. The summed E-state index contributed by atoms with van der Waals surface area (Å²) in [6.07, 6.45) is 4.98. The molecule has 4 fully saturated rings. The molecule has 2 aliphatic heterocycles. The number of piperazine rings is 1. The van der Waals surface area contributed by atoms with Gasteiger partial charge in [0.15, 0.2) is 5.67 Å². The number of anilines is 3. The van der Waals surface area contributed by atoms with E-state index in [1.54, 1.807) is 55.5 Å². The monoisotopic (exact) mass is 1030 g/mol. The number of hydrogen-bond acceptors (Lipinski definition) is 14. The quantitative estimate of drug-likeness (QED) is 0.0670. The van der Waals surface area contributed by atoms with E-state index < -0.39 is 46.3 Å². The molecule has 20 heteroatoms. The molecule has 4 heterocycles. The van der Waals surface area contributed by atoms with Crippen molar-refractivity contribution in [3.05, 3.63) is 76.0 Å². The number of nitrogens with zero attached hydrogens (tertiary/aromatic N) is 6. The van der Waals surface area contributed by atoms with E-state index in [1.807, 2.05) is 62.4 Å². The van der Waals surface area contributed by atoms with Crippen LogP contribution in [0.1, 0.15) is 93.4 Å². The van der Waals surface area contributed by atoms with E-state index in [0.29, 0.717) is 58.7 Å². The first kappa shape index (κ1) is 52.2. The Morgan fingerprint density at radius 1 is 1.01 bits per heavy atom. The van der Waals surface area contributed by atoms with Crippen LogP contribution in [0.4, 0.5) is 21.8 Å². The number of likely N-dealkylation sites (tertiary alicyclic amines) is 1. The predicted octanol–water partition coefficient (Wildman–Crippen LogP) is 7.26. The number of hydrogen-bond donors (Lipinski definition) is 5. The van der Waals surface area contributed by atoms with Crippen LogP contribution in [-0.2, 0) is 14.4 Å². The summed E-state index contributed by atoms with van der Waals surface area (Å²) in [6, 6.07) is 10.7. The van der Waals surface area contributed by atoms with Crippen LogP contribution in [-0.4, -0.2) is 146 Å². The molecular weight excluding hydrogens is 967 g/mol. The summed E-state index contributed by atoms with van der Waals surface area (Å²) in [4.78, 5) is 75.3. The van der Waals surface area contributed by atoms with Crippen molar-refractivity contribution in [3.8, 4) is 16.2 Å². The maximum Gasteiger partial charge on any atom is 0.258 e. The van der Waals surface area contributed by atoms with Gasteiger partial charge < -0.3 is 40.9 Å². The largest absolute Gasteiger partial charge is 0.495 e. The van der Waals surface area contributed by atoms with Gasteiger partial charge in [0.25, 0.3) is 11.8 Å². The van der Waals surface area contributed by atoms with Gasteiger partial charge in [0, 0.05) is 63.0 Å². The number of aryl methyl sites for hydroxylation is 1. The number of nitrogens with one attached hydrogen (secondary N) is 4. The van der Waals surface area contributed by atoms with Crippen molar-refractivity contribution >= 4 is 75.8 Å². The maximum atomic E-state index is 15.2. The highest BCUT2D eigenvalue weighted by molar-refractivity contribution is 8.00. The summed E-state index contributed by atoms with van der Waals surface area (Å²) in [7, 11) is 3.28. The third-order valence-corrected chi connectivity index (χ3v) is 17.3. The molecule has 4 aliphatic rings. The van der Waals surface area contributed by atoms with Crippen molar-refractivity contribution in [2.45, 2.75) is 107 Å². The van der Waals surface area contributed by atoms with Gasteiger partial charge in [0.05, 0.1) is 47.2 Å². The number of carbonyl (C=O) groups excluding carboxylic acids is 4. The number of carbonyl (C=O) groups is 4. The molecular formula is C51H66ClFN10O6S2. The Morgan fingerprint density at radius 3 is 2.37 bits per heavy atom. The Balaban J connectivity index is 0.816. The van der Waals surface area contributed by atoms with Gasteiger partial charge in [-0.3, -0.25) is 24.1 Å². The summed E-state index contributed by atoms with van der Waals surface area (Å²) in [5.41, 5.74) is 3.84. The van der Waals surface area contributed by atoms with Crippen LogP contribution in [0.2, 0.25) is 5.02 Å². The normalized spacial score (nSPS) is 22.0. The molecule has 0 radical (unpaired) electrons. The summed E-state index contributed by atoms with van der Waals surface area (Å²) in [6.45, 7) is 11.4. The van der Waals surface area contributed by atoms with E-state index >= 15 is 4.39 Å². The van der Waals surface area contributed by atoms with Gasteiger partial charge in [-0.1, -0.05) is 35.9 Å². The number of thiazole rings is 1. The Hall–Kier alpha value is -5.08. The number of β-amino-alcohol motifs (C(OH)–C–C–N with tert-alkyl or cyclic N) is 1. The van der Waals surface area contributed by atoms with E-state index in [9.17, 15) is 24.3 Å². The molecule has 0 spiro atoms. The fourth-order valence-electron chi connectivity index (χ4n) is 9.83. The van der Waals surface area contributed by atoms with Crippen molar-refractivity contribution in [1.29, 1.82) is 0 Å². The minimum atomic E-state index is -2.00. The van der Waals surface area contributed by atoms with Gasteiger partial charge in [-0.2, -0.15) is 16.7 Å². The van der Waals surface area contributed by atoms with Crippen LogP contribution in [0.15, 0.2) is 54.2 Å². The van der Waals surface area contributed by atoms with Crippen LogP contribution in [0.3, 0.4) is 0 Å².